The Hall–Kier alpha value is -0.680. The Kier molecular flexibility index (Phi) is 10.7. The van der Waals surface area contributed by atoms with Crippen molar-refractivity contribution in [2.24, 2.45) is 5.73 Å². The molecule has 0 saturated carbocycles. The highest BCUT2D eigenvalue weighted by Crippen LogP contribution is 2.32. The van der Waals surface area contributed by atoms with Crippen LogP contribution in [0.3, 0.4) is 0 Å². The molecule has 17 nitrogen and oxygen atoms in total. The molecular formula is C19H35NO16. The van der Waals surface area contributed by atoms with Gasteiger partial charge >= 0.3 is 0 Å². The summed E-state index contributed by atoms with van der Waals surface area (Å²) in [6.45, 7) is -2.62. The molecule has 0 aliphatic carbocycles. The lowest BCUT2D eigenvalue weighted by Crippen LogP contribution is -2.66. The molecule has 17 heteroatoms. The predicted molar refractivity (Wildman–Crippen MR) is 109 cm³/mol. The molecule has 3 fully saturated rings. The van der Waals surface area contributed by atoms with Gasteiger partial charge in [-0.25, -0.2) is 0 Å². The smallest absolute Gasteiger partial charge is 0.188 e. The Morgan fingerprint density at radius 1 is 0.500 bits per heavy atom. The Labute approximate surface area is 204 Å². The van der Waals surface area contributed by atoms with Crippen LogP contribution in [-0.4, -0.2) is 170 Å². The molecule has 0 aromatic rings. The van der Waals surface area contributed by atoms with E-state index in [2.05, 4.69) is 0 Å². The van der Waals surface area contributed by atoms with Gasteiger partial charge < -0.3 is 85.2 Å². The fraction of sp³-hybridized carbons (Fsp3) is 1.00. The third-order valence-electron chi connectivity index (χ3n) is 6.34. The molecule has 0 bridgehead atoms. The molecule has 212 valence electrons. The zero-order chi connectivity index (χ0) is 26.7. The van der Waals surface area contributed by atoms with E-state index in [9.17, 15) is 51.1 Å². The third kappa shape index (κ3) is 5.98. The second-order valence-corrected chi connectivity index (χ2v) is 8.65. The molecule has 3 aliphatic heterocycles. The van der Waals surface area contributed by atoms with Crippen molar-refractivity contribution in [1.29, 1.82) is 0 Å². The molecule has 3 saturated heterocycles. The average molecular weight is 533 g/mol. The van der Waals surface area contributed by atoms with Crippen LogP contribution in [-0.2, 0) is 28.4 Å². The predicted octanol–water partition coefficient (Wildman–Crippen LogP) is -7.63. The minimum atomic E-state index is -1.90. The second kappa shape index (κ2) is 12.9. The van der Waals surface area contributed by atoms with Crippen LogP contribution >= 0.6 is 0 Å². The van der Waals surface area contributed by atoms with Crippen LogP contribution < -0.4 is 5.73 Å². The largest absolute Gasteiger partial charge is 0.394 e. The van der Waals surface area contributed by atoms with Gasteiger partial charge in [-0.1, -0.05) is 0 Å². The highest BCUT2D eigenvalue weighted by Gasteiger charge is 2.53. The van der Waals surface area contributed by atoms with Crippen LogP contribution in [0.1, 0.15) is 0 Å². The lowest BCUT2D eigenvalue weighted by molar-refractivity contribution is -0.384. The fourth-order valence-corrected chi connectivity index (χ4v) is 4.25. The quantitative estimate of drug-likeness (QED) is 0.123. The standard InChI is InChI=1S/C19H35NO16/c20-4-31-19-16(11(27)9(25)6(2-22)33-19)36-18-14(30)12(28)15(7(3-23)34-18)35-17-13(29)10(26)8(24)5(1-21)32-17/h5-19,21-30H,1-4,20H2/t5?,6?,7?,8-,9-,10+,11+,12-,13?,14?,15-,16?,17+,18-,19+/m1/s1. The van der Waals surface area contributed by atoms with Gasteiger partial charge in [0.05, 0.1) is 26.6 Å². The van der Waals surface area contributed by atoms with Gasteiger partial charge in [0.1, 0.15) is 73.2 Å². The van der Waals surface area contributed by atoms with E-state index in [0.29, 0.717) is 0 Å². The van der Waals surface area contributed by atoms with Gasteiger partial charge in [0.2, 0.25) is 0 Å². The maximum absolute atomic E-state index is 10.7. The molecule has 6 unspecified atom stereocenters. The summed E-state index contributed by atoms with van der Waals surface area (Å²) in [7, 11) is 0. The van der Waals surface area contributed by atoms with E-state index in [-0.39, 0.29) is 0 Å². The molecule has 3 aliphatic rings. The van der Waals surface area contributed by atoms with Crippen LogP contribution in [0.15, 0.2) is 0 Å². The van der Waals surface area contributed by atoms with Crippen LogP contribution in [0.25, 0.3) is 0 Å². The van der Waals surface area contributed by atoms with Gasteiger partial charge in [-0.15, -0.1) is 0 Å². The summed E-state index contributed by atoms with van der Waals surface area (Å²) in [5.74, 6) is 0. The van der Waals surface area contributed by atoms with E-state index in [1.54, 1.807) is 0 Å². The van der Waals surface area contributed by atoms with Gasteiger partial charge in [-0.05, 0) is 0 Å². The third-order valence-corrected chi connectivity index (χ3v) is 6.34. The lowest BCUT2D eigenvalue weighted by Gasteiger charge is -2.48. The molecule has 0 amide bonds. The Morgan fingerprint density at radius 2 is 0.917 bits per heavy atom. The van der Waals surface area contributed by atoms with E-state index >= 15 is 0 Å². The molecule has 0 radical (unpaired) electrons. The molecule has 3 heterocycles. The van der Waals surface area contributed by atoms with Crippen LogP contribution in [0.2, 0.25) is 0 Å². The van der Waals surface area contributed by atoms with Gasteiger partial charge in [-0.2, -0.15) is 0 Å². The van der Waals surface area contributed by atoms with E-state index in [0.717, 1.165) is 0 Å². The van der Waals surface area contributed by atoms with E-state index < -0.39 is 119 Å². The highest BCUT2D eigenvalue weighted by molar-refractivity contribution is 4.96. The van der Waals surface area contributed by atoms with E-state index in [4.69, 9.17) is 34.2 Å². The van der Waals surface area contributed by atoms with Crippen LogP contribution in [0, 0.1) is 0 Å². The first-order valence-corrected chi connectivity index (χ1v) is 11.3. The molecule has 36 heavy (non-hydrogen) atoms. The van der Waals surface area contributed by atoms with Crippen molar-refractivity contribution in [3.8, 4) is 0 Å². The first-order chi connectivity index (χ1) is 17.1. The number of rotatable bonds is 9. The van der Waals surface area contributed by atoms with E-state index in [1.807, 2.05) is 0 Å². The summed E-state index contributed by atoms with van der Waals surface area (Å²) in [5, 5.41) is 100. The lowest BCUT2D eigenvalue weighted by atomic mass is 9.96. The molecule has 0 aromatic carbocycles. The summed E-state index contributed by atoms with van der Waals surface area (Å²) < 4.78 is 32.2. The van der Waals surface area contributed by atoms with Crippen LogP contribution in [0.4, 0.5) is 0 Å². The van der Waals surface area contributed by atoms with Crippen molar-refractivity contribution in [2.75, 3.05) is 26.6 Å². The molecular weight excluding hydrogens is 498 g/mol. The first-order valence-electron chi connectivity index (χ1n) is 11.3. The number of aliphatic hydroxyl groups is 10. The van der Waals surface area contributed by atoms with Crippen molar-refractivity contribution in [2.45, 2.75) is 92.1 Å². The summed E-state index contributed by atoms with van der Waals surface area (Å²) in [5.41, 5.74) is 5.36. The van der Waals surface area contributed by atoms with Crippen molar-refractivity contribution in [1.82, 2.24) is 0 Å². The van der Waals surface area contributed by atoms with Gasteiger partial charge in [0.25, 0.3) is 0 Å². The average Bonchev–Trinajstić information content (AvgIpc) is 2.87. The Balaban J connectivity index is 1.73. The number of aliphatic hydroxyl groups excluding tert-OH is 10. The van der Waals surface area contributed by atoms with Crippen molar-refractivity contribution in [3.63, 3.8) is 0 Å². The number of hydrogen-bond donors (Lipinski definition) is 11. The zero-order valence-corrected chi connectivity index (χ0v) is 19.0. The molecule has 3 rings (SSSR count). The topological polar surface area (TPSA) is 284 Å². The van der Waals surface area contributed by atoms with Crippen molar-refractivity contribution < 1.29 is 79.5 Å². The maximum Gasteiger partial charge on any atom is 0.188 e. The summed E-state index contributed by atoms with van der Waals surface area (Å²) >= 11 is 0. The number of ether oxygens (including phenoxy) is 6. The number of hydrogen-bond acceptors (Lipinski definition) is 17. The SMILES string of the molecule is NCO[C@H]1OC(CO)[C@@H](O)[C@H](O)C1O[C@H]1OC(CO)[C@@H](O[C@@H]2OC(CO)[C@@H](O)[C@H](O)C2O)[C@H](O)C1O. The van der Waals surface area contributed by atoms with Gasteiger partial charge in [-0.3, -0.25) is 0 Å². The van der Waals surface area contributed by atoms with Gasteiger partial charge in [0, 0.05) is 0 Å². The molecule has 0 spiro atoms. The summed E-state index contributed by atoms with van der Waals surface area (Å²) in [6, 6.07) is 0. The maximum atomic E-state index is 10.7. The second-order valence-electron chi connectivity index (χ2n) is 8.65. The molecule has 12 N–H and O–H groups in total. The van der Waals surface area contributed by atoms with Gasteiger partial charge in [0.15, 0.2) is 18.9 Å². The van der Waals surface area contributed by atoms with Crippen molar-refractivity contribution in [3.05, 3.63) is 0 Å². The number of nitrogens with two attached hydrogens (primary N) is 1. The molecule has 15 atom stereocenters. The monoisotopic (exact) mass is 533 g/mol. The summed E-state index contributed by atoms with van der Waals surface area (Å²) in [4.78, 5) is 0. The first kappa shape index (κ1) is 29.9. The van der Waals surface area contributed by atoms with Crippen LogP contribution in [0.5, 0.6) is 0 Å². The molecule has 0 aromatic heterocycles. The Morgan fingerprint density at radius 3 is 1.44 bits per heavy atom. The Bertz CT molecular complexity index is 673. The summed E-state index contributed by atoms with van der Waals surface area (Å²) in [6.07, 6.45) is -24.3. The van der Waals surface area contributed by atoms with Crippen molar-refractivity contribution >= 4 is 0 Å². The van der Waals surface area contributed by atoms with E-state index in [1.165, 1.54) is 0 Å². The minimum Gasteiger partial charge on any atom is -0.394 e. The minimum absolute atomic E-state index is 0.406. The zero-order valence-electron chi connectivity index (χ0n) is 19.0. The normalized spacial score (nSPS) is 50.2. The highest BCUT2D eigenvalue weighted by atomic mass is 16.8. The fourth-order valence-electron chi connectivity index (χ4n) is 4.25.